The fourth-order valence-corrected chi connectivity index (χ4v) is 0.433. The molecule has 0 fully saturated rings. The summed E-state index contributed by atoms with van der Waals surface area (Å²) >= 11 is 1.04. The van der Waals surface area contributed by atoms with Crippen LogP contribution in [0.15, 0.2) is 0 Å². The molecule has 0 unspecified atom stereocenters. The second kappa shape index (κ2) is 2.55. The summed E-state index contributed by atoms with van der Waals surface area (Å²) in [6.45, 7) is 1.72. The first-order valence-electron chi connectivity index (χ1n) is 2.12. The lowest BCUT2D eigenvalue weighted by Gasteiger charge is -2.14. The predicted octanol–water partition coefficient (Wildman–Crippen LogP) is 0.398. The molecule has 0 spiro atoms. The van der Waals surface area contributed by atoms with Crippen molar-refractivity contribution in [1.82, 2.24) is 0 Å². The van der Waals surface area contributed by atoms with Gasteiger partial charge in [-0.3, -0.25) is 0 Å². The molecule has 0 aromatic carbocycles. The van der Waals surface area contributed by atoms with Crippen molar-refractivity contribution in [2.75, 3.05) is 6.26 Å². The van der Waals surface area contributed by atoms with E-state index in [9.17, 15) is 0 Å². The van der Waals surface area contributed by atoms with E-state index >= 15 is 0 Å². The van der Waals surface area contributed by atoms with Crippen LogP contribution in [0.2, 0.25) is 0 Å². The Kier molecular flexibility index (Phi) is 2.64. The van der Waals surface area contributed by atoms with E-state index in [2.05, 4.69) is 0 Å². The van der Waals surface area contributed by atoms with E-state index in [0.29, 0.717) is 6.42 Å². The van der Waals surface area contributed by atoms with E-state index in [4.69, 9.17) is 10.2 Å². The topological polar surface area (TPSA) is 40.5 Å². The highest BCUT2D eigenvalue weighted by Crippen LogP contribution is 2.17. The fraction of sp³-hybridized carbons (Fsp3) is 1.00. The maximum absolute atomic E-state index is 8.65. The highest BCUT2D eigenvalue weighted by molar-refractivity contribution is 7.99. The smallest absolute Gasteiger partial charge is 0.212 e. The van der Waals surface area contributed by atoms with Gasteiger partial charge in [0.05, 0.1) is 0 Å². The highest BCUT2D eigenvalue weighted by Gasteiger charge is 2.16. The van der Waals surface area contributed by atoms with Crippen molar-refractivity contribution in [3.63, 3.8) is 0 Å². The zero-order valence-electron chi connectivity index (χ0n) is 4.51. The van der Waals surface area contributed by atoms with E-state index in [-0.39, 0.29) is 0 Å². The summed E-state index contributed by atoms with van der Waals surface area (Å²) in [5.41, 5.74) is 0. The van der Waals surface area contributed by atoms with Gasteiger partial charge >= 0.3 is 0 Å². The molecule has 0 aromatic heterocycles. The van der Waals surface area contributed by atoms with Gasteiger partial charge in [-0.25, -0.2) is 0 Å². The van der Waals surface area contributed by atoms with Crippen LogP contribution in [-0.2, 0) is 0 Å². The Morgan fingerprint density at radius 2 is 2.00 bits per heavy atom. The fourth-order valence-electron chi connectivity index (χ4n) is 0.144. The van der Waals surface area contributed by atoms with Crippen molar-refractivity contribution < 1.29 is 10.2 Å². The number of rotatable bonds is 2. The quantitative estimate of drug-likeness (QED) is 0.521. The lowest BCUT2D eigenvalue weighted by molar-refractivity contribution is -0.0771. The predicted molar refractivity (Wildman–Crippen MR) is 31.0 cm³/mol. The Labute approximate surface area is 47.5 Å². The van der Waals surface area contributed by atoms with E-state index < -0.39 is 5.12 Å². The number of hydrogen-bond donors (Lipinski definition) is 2. The van der Waals surface area contributed by atoms with Gasteiger partial charge in [0.1, 0.15) is 0 Å². The molecule has 7 heavy (non-hydrogen) atoms. The molecule has 0 rings (SSSR count). The highest BCUT2D eigenvalue weighted by atomic mass is 32.2. The van der Waals surface area contributed by atoms with Crippen molar-refractivity contribution in [2.24, 2.45) is 0 Å². The number of aliphatic hydroxyl groups is 2. The maximum Gasteiger partial charge on any atom is 0.212 e. The van der Waals surface area contributed by atoms with Crippen LogP contribution in [0.5, 0.6) is 0 Å². The Morgan fingerprint density at radius 1 is 1.57 bits per heavy atom. The summed E-state index contributed by atoms with van der Waals surface area (Å²) in [5, 5.41) is 15.8. The van der Waals surface area contributed by atoms with Crippen LogP contribution in [0.1, 0.15) is 13.3 Å². The molecule has 0 aromatic rings. The standard InChI is InChI=1S/C4H10O2S/c1-3-4(5,6)7-2/h5-6H,3H2,1-2H3. The monoisotopic (exact) mass is 122 g/mol. The van der Waals surface area contributed by atoms with Gasteiger partial charge in [-0.2, -0.15) is 0 Å². The summed E-state index contributed by atoms with van der Waals surface area (Å²) < 4.78 is 0. The van der Waals surface area contributed by atoms with Crippen LogP contribution in [-0.4, -0.2) is 21.6 Å². The van der Waals surface area contributed by atoms with Crippen LogP contribution in [0.3, 0.4) is 0 Å². The first kappa shape index (κ1) is 7.27. The van der Waals surface area contributed by atoms with Crippen molar-refractivity contribution in [3.8, 4) is 0 Å². The lowest BCUT2D eigenvalue weighted by atomic mass is 10.5. The van der Waals surface area contributed by atoms with E-state index in [0.717, 1.165) is 11.8 Å². The van der Waals surface area contributed by atoms with Crippen molar-refractivity contribution in [3.05, 3.63) is 0 Å². The van der Waals surface area contributed by atoms with Gasteiger partial charge in [0.15, 0.2) is 0 Å². The minimum Gasteiger partial charge on any atom is -0.357 e. The van der Waals surface area contributed by atoms with Crippen LogP contribution in [0, 0.1) is 0 Å². The van der Waals surface area contributed by atoms with Gasteiger partial charge in [-0.05, 0) is 6.26 Å². The van der Waals surface area contributed by atoms with E-state index in [1.54, 1.807) is 13.2 Å². The summed E-state index contributed by atoms with van der Waals surface area (Å²) in [6.07, 6.45) is 2.03. The van der Waals surface area contributed by atoms with Gasteiger partial charge in [0.25, 0.3) is 0 Å². The Bertz CT molecular complexity index is 47.7. The molecule has 3 heteroatoms. The maximum atomic E-state index is 8.65. The van der Waals surface area contributed by atoms with Crippen LogP contribution < -0.4 is 0 Å². The molecule has 2 nitrogen and oxygen atoms in total. The zero-order chi connectivity index (χ0) is 5.91. The Hall–Kier alpha value is 0.270. The lowest BCUT2D eigenvalue weighted by Crippen LogP contribution is -2.20. The van der Waals surface area contributed by atoms with Gasteiger partial charge < -0.3 is 10.2 Å². The minimum atomic E-state index is -1.50. The Morgan fingerprint density at radius 3 is 2.00 bits per heavy atom. The molecule has 0 radical (unpaired) electrons. The largest absolute Gasteiger partial charge is 0.357 e. The second-order valence-electron chi connectivity index (χ2n) is 1.30. The van der Waals surface area contributed by atoms with E-state index in [1.807, 2.05) is 0 Å². The molecule has 0 bridgehead atoms. The molecular formula is C4H10O2S. The summed E-state index contributed by atoms with van der Waals surface area (Å²) in [4.78, 5) is 0. The van der Waals surface area contributed by atoms with Crippen molar-refractivity contribution in [2.45, 2.75) is 18.5 Å². The third-order valence-electron chi connectivity index (χ3n) is 0.787. The van der Waals surface area contributed by atoms with Crippen molar-refractivity contribution in [1.29, 1.82) is 0 Å². The van der Waals surface area contributed by atoms with Crippen LogP contribution in [0.4, 0.5) is 0 Å². The number of hydrogen-bond acceptors (Lipinski definition) is 3. The summed E-state index contributed by atoms with van der Waals surface area (Å²) in [6, 6.07) is 0. The third kappa shape index (κ3) is 2.91. The molecule has 0 aliphatic carbocycles. The first-order valence-corrected chi connectivity index (χ1v) is 3.34. The molecule has 0 saturated heterocycles. The summed E-state index contributed by atoms with van der Waals surface area (Å²) in [7, 11) is 0. The molecule has 44 valence electrons. The molecule has 0 amide bonds. The molecule has 2 N–H and O–H groups in total. The van der Waals surface area contributed by atoms with Crippen LogP contribution in [0.25, 0.3) is 0 Å². The third-order valence-corrected chi connectivity index (χ3v) is 1.73. The zero-order valence-corrected chi connectivity index (χ0v) is 5.33. The second-order valence-corrected chi connectivity index (χ2v) is 2.36. The SMILES string of the molecule is CCC(O)(O)SC. The molecule has 0 aliphatic rings. The van der Waals surface area contributed by atoms with Gasteiger partial charge in [0.2, 0.25) is 5.12 Å². The van der Waals surface area contributed by atoms with Crippen LogP contribution >= 0.6 is 11.8 Å². The molecular weight excluding hydrogens is 112 g/mol. The van der Waals surface area contributed by atoms with Crippen molar-refractivity contribution >= 4 is 11.8 Å². The molecule has 0 saturated carbocycles. The van der Waals surface area contributed by atoms with E-state index in [1.165, 1.54) is 0 Å². The minimum absolute atomic E-state index is 0.369. The number of thioether (sulfide) groups is 1. The average Bonchev–Trinajstić information content (AvgIpc) is 1.68. The first-order chi connectivity index (χ1) is 3.12. The molecule has 0 aliphatic heterocycles. The van der Waals surface area contributed by atoms with Gasteiger partial charge in [0, 0.05) is 6.42 Å². The van der Waals surface area contributed by atoms with Gasteiger partial charge in [-0.15, -0.1) is 11.8 Å². The normalized spacial score (nSPS) is 12.0. The molecule has 0 heterocycles. The molecule has 0 atom stereocenters. The average molecular weight is 122 g/mol. The summed E-state index contributed by atoms with van der Waals surface area (Å²) in [5.74, 6) is 0. The van der Waals surface area contributed by atoms with Gasteiger partial charge in [-0.1, -0.05) is 6.92 Å². The Balaban J connectivity index is 3.36.